The zero-order chi connectivity index (χ0) is 28.1. The number of aromatic amines is 1. The number of aromatic nitrogens is 1. The minimum absolute atomic E-state index is 0.0706. The Morgan fingerprint density at radius 2 is 1.66 bits per heavy atom. The molecular formula is C25H38N6O5S2. The van der Waals surface area contributed by atoms with Gasteiger partial charge in [-0.15, -0.1) is 0 Å². The number of carboxylic acids is 1. The van der Waals surface area contributed by atoms with Gasteiger partial charge >= 0.3 is 5.97 Å². The van der Waals surface area contributed by atoms with Crippen LogP contribution >= 0.6 is 24.4 Å². The van der Waals surface area contributed by atoms with E-state index in [-0.39, 0.29) is 18.6 Å². The molecule has 0 radical (unpaired) electrons. The molecule has 13 heteroatoms. The van der Waals surface area contributed by atoms with Crippen LogP contribution in [0.3, 0.4) is 0 Å². The van der Waals surface area contributed by atoms with Gasteiger partial charge < -0.3 is 37.5 Å². The monoisotopic (exact) mass is 566 g/mol. The number of rotatable bonds is 17. The van der Waals surface area contributed by atoms with Gasteiger partial charge in [0.15, 0.2) is 0 Å². The third kappa shape index (κ3) is 9.53. The molecule has 2 rings (SSSR count). The number of nitrogens with one attached hydrogen (secondary N) is 4. The Morgan fingerprint density at radius 1 is 1.00 bits per heavy atom. The molecule has 4 unspecified atom stereocenters. The molecule has 1 aromatic heterocycles. The Morgan fingerprint density at radius 3 is 2.32 bits per heavy atom. The van der Waals surface area contributed by atoms with Crippen molar-refractivity contribution in [3.63, 3.8) is 0 Å². The van der Waals surface area contributed by atoms with Crippen molar-refractivity contribution in [2.24, 2.45) is 11.5 Å². The lowest BCUT2D eigenvalue weighted by atomic mass is 10.0. The zero-order valence-corrected chi connectivity index (χ0v) is 23.2. The fourth-order valence-corrected chi connectivity index (χ4v) is 4.61. The summed E-state index contributed by atoms with van der Waals surface area (Å²) >= 11 is 5.64. The molecule has 2 aromatic rings. The van der Waals surface area contributed by atoms with E-state index in [0.717, 1.165) is 22.9 Å². The highest BCUT2D eigenvalue weighted by Gasteiger charge is 2.30. The van der Waals surface area contributed by atoms with Gasteiger partial charge in [0.1, 0.15) is 18.1 Å². The largest absolute Gasteiger partial charge is 0.480 e. The number of amides is 3. The summed E-state index contributed by atoms with van der Waals surface area (Å²) in [6.45, 7) is 0.493. The van der Waals surface area contributed by atoms with Crippen LogP contribution in [0.15, 0.2) is 30.5 Å². The Bertz CT molecular complexity index is 1080. The van der Waals surface area contributed by atoms with Gasteiger partial charge in [0, 0.05) is 29.3 Å². The molecule has 0 aliphatic heterocycles. The summed E-state index contributed by atoms with van der Waals surface area (Å²) in [6, 6.07) is 3.50. The number of carbonyl (C=O) groups is 4. The van der Waals surface area contributed by atoms with Crippen LogP contribution in [0.4, 0.5) is 0 Å². The number of H-pyrrole nitrogens is 1. The second-order valence-electron chi connectivity index (χ2n) is 8.94. The fourth-order valence-electron chi connectivity index (χ4n) is 3.88. The standard InChI is InChI=1S/C25H38N6O5S2/c1-38-11-9-19(25(35)36)29-24(34)21(14-37)31-23(33)20(30-22(32)17(27)7-4-5-10-26)12-15-13-28-18-8-3-2-6-16(15)18/h2-3,6,8,13,17,19-21,28,37H,4-5,7,9-12,14,26-27H2,1H3,(H,29,34)(H,30,32)(H,31,33)(H,35,36). The van der Waals surface area contributed by atoms with E-state index >= 15 is 0 Å². The summed E-state index contributed by atoms with van der Waals surface area (Å²) < 4.78 is 0. The van der Waals surface area contributed by atoms with Crippen LogP contribution in [0.25, 0.3) is 10.9 Å². The van der Waals surface area contributed by atoms with Crippen molar-refractivity contribution in [3.05, 3.63) is 36.0 Å². The summed E-state index contributed by atoms with van der Waals surface area (Å²) in [5.74, 6) is -2.46. The summed E-state index contributed by atoms with van der Waals surface area (Å²) in [5.41, 5.74) is 13.2. The van der Waals surface area contributed by atoms with E-state index in [1.54, 1.807) is 6.20 Å². The second kappa shape index (κ2) is 16.3. The number of fused-ring (bicyclic) bond motifs is 1. The number of unbranched alkanes of at least 4 members (excludes halogenated alkanes) is 1. The molecule has 9 N–H and O–H groups in total. The number of hydrogen-bond donors (Lipinski definition) is 8. The first-order valence-electron chi connectivity index (χ1n) is 12.5. The second-order valence-corrected chi connectivity index (χ2v) is 10.3. The smallest absolute Gasteiger partial charge is 0.326 e. The highest BCUT2D eigenvalue weighted by molar-refractivity contribution is 7.98. The minimum atomic E-state index is -1.16. The van der Waals surface area contributed by atoms with Crippen molar-refractivity contribution in [2.75, 3.05) is 24.3 Å². The Balaban J connectivity index is 2.19. The van der Waals surface area contributed by atoms with Crippen LogP contribution in [0.5, 0.6) is 0 Å². The van der Waals surface area contributed by atoms with E-state index in [2.05, 4.69) is 33.6 Å². The molecule has 0 spiro atoms. The summed E-state index contributed by atoms with van der Waals surface area (Å²) in [5, 5.41) is 18.1. The van der Waals surface area contributed by atoms with Gasteiger partial charge in [-0.3, -0.25) is 14.4 Å². The van der Waals surface area contributed by atoms with Gasteiger partial charge in [0.05, 0.1) is 6.04 Å². The van der Waals surface area contributed by atoms with E-state index in [1.165, 1.54) is 11.8 Å². The van der Waals surface area contributed by atoms with E-state index in [4.69, 9.17) is 11.5 Å². The molecule has 38 heavy (non-hydrogen) atoms. The normalized spacial score (nSPS) is 14.3. The van der Waals surface area contributed by atoms with Crippen molar-refractivity contribution in [1.29, 1.82) is 0 Å². The molecule has 4 atom stereocenters. The number of para-hydroxylation sites is 1. The average molecular weight is 567 g/mol. The van der Waals surface area contributed by atoms with Crippen LogP contribution in [-0.2, 0) is 25.6 Å². The lowest BCUT2D eigenvalue weighted by Gasteiger charge is -2.24. The number of nitrogens with two attached hydrogens (primary N) is 2. The number of hydrogen-bond acceptors (Lipinski definition) is 8. The molecule has 210 valence electrons. The van der Waals surface area contributed by atoms with Crippen LogP contribution in [0, 0.1) is 0 Å². The number of aliphatic carboxylic acids is 1. The molecule has 0 saturated heterocycles. The molecule has 0 saturated carbocycles. The van der Waals surface area contributed by atoms with Gasteiger partial charge in [-0.1, -0.05) is 24.6 Å². The quantitative estimate of drug-likeness (QED) is 0.0995. The highest BCUT2D eigenvalue weighted by atomic mass is 32.2. The van der Waals surface area contributed by atoms with Gasteiger partial charge in [0.25, 0.3) is 0 Å². The van der Waals surface area contributed by atoms with Crippen molar-refractivity contribution in [1.82, 2.24) is 20.9 Å². The molecule has 3 amide bonds. The van der Waals surface area contributed by atoms with Crippen molar-refractivity contribution >= 4 is 59.0 Å². The molecular weight excluding hydrogens is 528 g/mol. The predicted molar refractivity (Wildman–Crippen MR) is 153 cm³/mol. The van der Waals surface area contributed by atoms with Crippen LogP contribution in [-0.4, -0.2) is 82.3 Å². The molecule has 0 bridgehead atoms. The summed E-state index contributed by atoms with van der Waals surface area (Å²) in [4.78, 5) is 53.7. The maximum atomic E-state index is 13.4. The molecule has 0 fully saturated rings. The van der Waals surface area contributed by atoms with E-state index < -0.39 is 47.9 Å². The van der Waals surface area contributed by atoms with E-state index in [0.29, 0.717) is 25.1 Å². The van der Waals surface area contributed by atoms with Gasteiger partial charge in [-0.25, -0.2) is 4.79 Å². The first kappa shape index (κ1) is 31.5. The van der Waals surface area contributed by atoms with Crippen LogP contribution in [0.2, 0.25) is 0 Å². The molecule has 1 heterocycles. The van der Waals surface area contributed by atoms with Crippen LogP contribution in [0.1, 0.15) is 31.2 Å². The van der Waals surface area contributed by atoms with Crippen molar-refractivity contribution in [2.45, 2.75) is 56.3 Å². The summed E-state index contributed by atoms with van der Waals surface area (Å²) in [6.07, 6.45) is 5.80. The summed E-state index contributed by atoms with van der Waals surface area (Å²) in [7, 11) is 0. The lowest BCUT2D eigenvalue weighted by Crippen LogP contribution is -2.58. The van der Waals surface area contributed by atoms with Crippen molar-refractivity contribution < 1.29 is 24.3 Å². The molecule has 11 nitrogen and oxygen atoms in total. The number of benzene rings is 1. The first-order valence-corrected chi connectivity index (χ1v) is 14.5. The number of thiol groups is 1. The van der Waals surface area contributed by atoms with E-state index in [1.807, 2.05) is 30.5 Å². The van der Waals surface area contributed by atoms with Crippen LogP contribution < -0.4 is 27.4 Å². The maximum absolute atomic E-state index is 13.4. The predicted octanol–water partition coefficient (Wildman–Crippen LogP) is 0.389. The molecule has 0 aliphatic rings. The number of carboxylic acid groups (broad SMARTS) is 1. The third-order valence-corrected chi connectivity index (χ3v) is 7.09. The van der Waals surface area contributed by atoms with Crippen molar-refractivity contribution in [3.8, 4) is 0 Å². The van der Waals surface area contributed by atoms with Gasteiger partial charge in [-0.05, 0) is 49.4 Å². The van der Waals surface area contributed by atoms with Gasteiger partial charge in [0.2, 0.25) is 17.7 Å². The molecule has 1 aromatic carbocycles. The first-order chi connectivity index (χ1) is 18.2. The molecule has 0 aliphatic carbocycles. The topological polar surface area (TPSA) is 192 Å². The van der Waals surface area contributed by atoms with E-state index in [9.17, 15) is 24.3 Å². The Labute approximate surface area is 232 Å². The zero-order valence-electron chi connectivity index (χ0n) is 21.4. The maximum Gasteiger partial charge on any atom is 0.326 e. The fraction of sp³-hybridized carbons (Fsp3) is 0.520. The average Bonchev–Trinajstić information content (AvgIpc) is 3.31. The number of thioether (sulfide) groups is 1. The Hall–Kier alpha value is -2.74. The Kier molecular flexibility index (Phi) is 13.5. The highest BCUT2D eigenvalue weighted by Crippen LogP contribution is 2.19. The third-order valence-electron chi connectivity index (χ3n) is 6.08. The number of carbonyl (C=O) groups excluding carboxylic acids is 3. The SMILES string of the molecule is CSCCC(NC(=O)C(CS)NC(=O)C(Cc1c[nH]c2ccccc12)NC(=O)C(N)CCCCN)C(=O)O. The van der Waals surface area contributed by atoms with Gasteiger partial charge in [-0.2, -0.15) is 24.4 Å². The minimum Gasteiger partial charge on any atom is -0.480 e. The lowest BCUT2D eigenvalue weighted by molar-refractivity contribution is -0.142.